The number of carboxylic acid groups (broad SMARTS) is 1. The smallest absolute Gasteiger partial charge is 0.417 e. The average Bonchev–Trinajstić information content (AvgIpc) is 3.73. The number of thioether (sulfide) groups is 1. The number of carboxylic acids is 1. The lowest BCUT2D eigenvalue weighted by Gasteiger charge is -2.18. The van der Waals surface area contributed by atoms with Crippen LogP contribution < -0.4 is 10.6 Å². The van der Waals surface area contributed by atoms with Crippen LogP contribution in [0.2, 0.25) is 10.0 Å². The quantitative estimate of drug-likeness (QED) is 0.0997. The molecule has 4 aromatic heterocycles. The lowest BCUT2D eigenvalue weighted by molar-refractivity contribution is -0.137. The number of benzene rings is 2. The van der Waals surface area contributed by atoms with Crippen molar-refractivity contribution in [2.45, 2.75) is 43.2 Å². The Balaban J connectivity index is 0.000000389. The number of carbonyl (C=O) groups excluding carboxylic acids is 2. The standard InChI is InChI=1S/C29H21Cl2F3N6O3.C6H6N2O2S/c1-15-37-25(39-43-15)24-23(31)21-11-19(30)4-7-22(21)40(24)20-5-2-16(3-6-20)12-36-27(42)28(8-9-28)38-26(41)17-10-18(14-35-13-17)29(32,33)34;1-11-6-7-2-4(3-8-6)5(9)10/h2-7,10-11,13-14H,8-9,12H2,1H3,(H,36,42)(H,38,41);2-3H,1H3,(H,9,10). The van der Waals surface area contributed by atoms with Gasteiger partial charge in [-0.1, -0.05) is 52.3 Å². The van der Waals surface area contributed by atoms with Crippen molar-refractivity contribution in [2.75, 3.05) is 6.26 Å². The predicted octanol–water partition coefficient (Wildman–Crippen LogP) is 7.19. The van der Waals surface area contributed by atoms with Crippen molar-refractivity contribution in [1.29, 1.82) is 0 Å². The molecule has 54 heavy (non-hydrogen) atoms. The van der Waals surface area contributed by atoms with E-state index in [4.69, 9.17) is 32.8 Å². The third-order valence-electron chi connectivity index (χ3n) is 8.18. The fourth-order valence-corrected chi connectivity index (χ4v) is 6.08. The largest absolute Gasteiger partial charge is 0.478 e. The molecule has 1 aliphatic rings. The van der Waals surface area contributed by atoms with Gasteiger partial charge in [0, 0.05) is 54.4 Å². The fraction of sp³-hybridized carbons (Fsp3) is 0.200. The summed E-state index contributed by atoms with van der Waals surface area (Å²) in [5.41, 5.74) is 0.412. The highest BCUT2D eigenvalue weighted by atomic mass is 35.5. The zero-order valence-electron chi connectivity index (χ0n) is 28.1. The number of hydrogen-bond acceptors (Lipinski definition) is 10. The summed E-state index contributed by atoms with van der Waals surface area (Å²) < 4.78 is 46.1. The monoisotopic (exact) mass is 798 g/mol. The molecule has 0 saturated heterocycles. The van der Waals surface area contributed by atoms with Gasteiger partial charge in [0.05, 0.1) is 27.2 Å². The van der Waals surface area contributed by atoms with E-state index in [1.54, 1.807) is 19.1 Å². The molecule has 0 atom stereocenters. The highest BCUT2D eigenvalue weighted by molar-refractivity contribution is 7.98. The number of aryl methyl sites for hydroxylation is 1. The molecule has 0 radical (unpaired) electrons. The van der Waals surface area contributed by atoms with E-state index >= 15 is 0 Å². The molecule has 278 valence electrons. The van der Waals surface area contributed by atoms with Gasteiger partial charge in [-0.25, -0.2) is 14.8 Å². The Morgan fingerprint density at radius 3 is 2.30 bits per heavy atom. The van der Waals surface area contributed by atoms with Crippen molar-refractivity contribution in [3.05, 3.63) is 112 Å². The molecule has 3 N–H and O–H groups in total. The number of hydrogen-bond donors (Lipinski definition) is 3. The third-order valence-corrected chi connectivity index (χ3v) is 9.37. The number of amides is 2. The molecule has 1 fully saturated rings. The second kappa shape index (κ2) is 15.5. The Labute approximate surface area is 318 Å². The van der Waals surface area contributed by atoms with Gasteiger partial charge in [-0.15, -0.1) is 0 Å². The van der Waals surface area contributed by atoms with E-state index in [-0.39, 0.29) is 17.7 Å². The number of alkyl halides is 3. The second-order valence-corrected chi connectivity index (χ2v) is 13.5. The summed E-state index contributed by atoms with van der Waals surface area (Å²) >= 11 is 14.4. The normalized spacial score (nSPS) is 13.2. The van der Waals surface area contributed by atoms with Crippen LogP contribution in [0.25, 0.3) is 28.1 Å². The van der Waals surface area contributed by atoms with Crippen molar-refractivity contribution in [1.82, 2.24) is 40.3 Å². The van der Waals surface area contributed by atoms with Crippen molar-refractivity contribution < 1.29 is 37.2 Å². The molecule has 0 aliphatic heterocycles. The Bertz CT molecular complexity index is 2370. The summed E-state index contributed by atoms with van der Waals surface area (Å²) in [5.74, 6) is -1.55. The number of rotatable bonds is 9. The number of nitrogens with zero attached hydrogens (tertiary/aromatic N) is 6. The fourth-order valence-electron chi connectivity index (χ4n) is 5.28. The molecule has 0 unspecified atom stereocenters. The topological polar surface area (TPSA) is 178 Å². The van der Waals surface area contributed by atoms with E-state index in [1.807, 2.05) is 41.2 Å². The van der Waals surface area contributed by atoms with Crippen molar-refractivity contribution in [3.63, 3.8) is 0 Å². The number of halogens is 5. The Kier molecular flexibility index (Phi) is 10.9. The number of aromatic nitrogens is 6. The molecule has 6 aromatic rings. The summed E-state index contributed by atoms with van der Waals surface area (Å²) in [5, 5.41) is 20.1. The van der Waals surface area contributed by atoms with Crippen LogP contribution in [0.1, 0.15) is 50.6 Å². The second-order valence-electron chi connectivity index (χ2n) is 11.9. The molecule has 2 amide bonds. The lowest BCUT2D eigenvalue weighted by atomic mass is 10.1. The summed E-state index contributed by atoms with van der Waals surface area (Å²) in [4.78, 5) is 51.4. The van der Waals surface area contributed by atoms with Crippen LogP contribution >= 0.6 is 35.0 Å². The molecule has 4 heterocycles. The van der Waals surface area contributed by atoms with Gasteiger partial charge >= 0.3 is 12.1 Å². The van der Waals surface area contributed by atoms with Crippen LogP contribution in [0, 0.1) is 6.92 Å². The summed E-state index contributed by atoms with van der Waals surface area (Å²) in [6.07, 6.45) is 2.16. The molecule has 7 rings (SSSR count). The summed E-state index contributed by atoms with van der Waals surface area (Å²) in [6.45, 7) is 1.83. The summed E-state index contributed by atoms with van der Waals surface area (Å²) in [7, 11) is 0. The minimum atomic E-state index is -4.64. The van der Waals surface area contributed by atoms with Gasteiger partial charge in [-0.05, 0) is 61.1 Å². The molecule has 1 aliphatic carbocycles. The predicted molar refractivity (Wildman–Crippen MR) is 193 cm³/mol. The van der Waals surface area contributed by atoms with Gasteiger partial charge in [-0.3, -0.25) is 14.6 Å². The highest BCUT2D eigenvalue weighted by Crippen LogP contribution is 2.40. The van der Waals surface area contributed by atoms with Crippen LogP contribution in [0.15, 0.2) is 83.0 Å². The first-order valence-corrected chi connectivity index (χ1v) is 17.8. The molecule has 13 nitrogen and oxygen atoms in total. The van der Waals surface area contributed by atoms with E-state index in [0.29, 0.717) is 63.1 Å². The zero-order valence-corrected chi connectivity index (χ0v) is 30.4. The Morgan fingerprint density at radius 2 is 1.70 bits per heavy atom. The van der Waals surface area contributed by atoms with E-state index < -0.39 is 35.1 Å². The van der Waals surface area contributed by atoms with E-state index in [1.165, 1.54) is 24.2 Å². The van der Waals surface area contributed by atoms with Gasteiger partial charge in [0.1, 0.15) is 11.2 Å². The number of carbonyl (C=O) groups is 3. The molecule has 0 bridgehead atoms. The molecular formula is C35H27Cl2F3N8O5S. The first-order chi connectivity index (χ1) is 25.7. The number of pyridine rings is 1. The average molecular weight is 800 g/mol. The zero-order chi connectivity index (χ0) is 38.8. The minimum Gasteiger partial charge on any atom is -0.478 e. The Hall–Kier alpha value is -5.52. The van der Waals surface area contributed by atoms with Gasteiger partial charge < -0.3 is 24.8 Å². The summed E-state index contributed by atoms with van der Waals surface area (Å²) in [6, 6.07) is 13.4. The first kappa shape index (κ1) is 38.2. The SMILES string of the molecule is CSc1ncc(C(=O)O)cn1.Cc1nc(-c2c(Cl)c3cc(Cl)ccc3n2-c2ccc(CNC(=O)C3(NC(=O)c4cncc(C(F)(F)F)c4)CC3)cc2)no1. The third kappa shape index (κ3) is 8.32. The Morgan fingerprint density at radius 1 is 1.00 bits per heavy atom. The van der Waals surface area contributed by atoms with Crippen LogP contribution in [-0.4, -0.2) is 64.3 Å². The van der Waals surface area contributed by atoms with Gasteiger partial charge in [0.15, 0.2) is 5.16 Å². The number of nitrogens with one attached hydrogen (secondary N) is 2. The molecule has 0 spiro atoms. The van der Waals surface area contributed by atoms with Crippen LogP contribution in [0.3, 0.4) is 0 Å². The van der Waals surface area contributed by atoms with Crippen LogP contribution in [-0.2, 0) is 17.5 Å². The molecular weight excluding hydrogens is 772 g/mol. The number of aromatic carboxylic acids is 1. The van der Waals surface area contributed by atoms with Crippen LogP contribution in [0.4, 0.5) is 13.2 Å². The first-order valence-electron chi connectivity index (χ1n) is 15.8. The van der Waals surface area contributed by atoms with Gasteiger partial charge in [-0.2, -0.15) is 18.2 Å². The molecule has 2 aromatic carbocycles. The van der Waals surface area contributed by atoms with Gasteiger partial charge in [0.25, 0.3) is 5.91 Å². The van der Waals surface area contributed by atoms with Crippen molar-refractivity contribution in [2.24, 2.45) is 0 Å². The van der Waals surface area contributed by atoms with Crippen molar-refractivity contribution in [3.8, 4) is 17.2 Å². The van der Waals surface area contributed by atoms with Crippen LogP contribution in [0.5, 0.6) is 0 Å². The van der Waals surface area contributed by atoms with E-state index in [0.717, 1.165) is 23.0 Å². The number of fused-ring (bicyclic) bond motifs is 1. The van der Waals surface area contributed by atoms with Gasteiger partial charge in [0.2, 0.25) is 17.6 Å². The maximum Gasteiger partial charge on any atom is 0.417 e. The van der Waals surface area contributed by atoms with E-state index in [2.05, 4.69) is 35.7 Å². The maximum atomic E-state index is 13.0. The molecule has 19 heteroatoms. The maximum absolute atomic E-state index is 13.0. The highest BCUT2D eigenvalue weighted by Gasteiger charge is 2.51. The van der Waals surface area contributed by atoms with Crippen molar-refractivity contribution >= 4 is 63.7 Å². The lowest BCUT2D eigenvalue weighted by Crippen LogP contribution is -2.48. The van der Waals surface area contributed by atoms with E-state index in [9.17, 15) is 27.6 Å². The minimum absolute atomic E-state index is 0.114. The molecule has 1 saturated carbocycles.